The van der Waals surface area contributed by atoms with Crippen molar-refractivity contribution in [2.75, 3.05) is 11.9 Å². The van der Waals surface area contributed by atoms with Crippen molar-refractivity contribution in [2.45, 2.75) is 12.6 Å². The number of nitrogens with zero attached hydrogens (tertiary/aromatic N) is 1. The standard InChI is InChI=1S/C16H13ClN2O/c17-15-6-5-13(7-12(15)8-18)19-16-10-20-9-11-3-1-2-4-14(11)16/h1-7,16,19H,9-10H2. The Morgan fingerprint density at radius 3 is 2.95 bits per heavy atom. The number of nitrogens with one attached hydrogen (secondary N) is 1. The van der Waals surface area contributed by atoms with Crippen LogP contribution in [0.4, 0.5) is 5.69 Å². The van der Waals surface area contributed by atoms with Crippen molar-refractivity contribution in [3.8, 4) is 6.07 Å². The van der Waals surface area contributed by atoms with Gasteiger partial charge in [0.1, 0.15) is 6.07 Å². The van der Waals surface area contributed by atoms with Gasteiger partial charge < -0.3 is 10.1 Å². The van der Waals surface area contributed by atoms with E-state index in [2.05, 4.69) is 23.5 Å². The summed E-state index contributed by atoms with van der Waals surface area (Å²) in [7, 11) is 0. The molecule has 0 aromatic heterocycles. The molecule has 1 aliphatic heterocycles. The second-order valence-corrected chi connectivity index (χ2v) is 5.12. The van der Waals surface area contributed by atoms with E-state index in [0.29, 0.717) is 23.8 Å². The fourth-order valence-corrected chi connectivity index (χ4v) is 2.56. The smallest absolute Gasteiger partial charge is 0.101 e. The lowest BCUT2D eigenvalue weighted by Crippen LogP contribution is -2.23. The Morgan fingerprint density at radius 1 is 1.25 bits per heavy atom. The predicted octanol–water partition coefficient (Wildman–Crippen LogP) is 3.90. The Labute approximate surface area is 122 Å². The van der Waals surface area contributed by atoms with Gasteiger partial charge in [-0.1, -0.05) is 35.9 Å². The van der Waals surface area contributed by atoms with Crippen molar-refractivity contribution in [3.05, 3.63) is 64.2 Å². The third kappa shape index (κ3) is 2.49. The number of benzene rings is 2. The highest BCUT2D eigenvalue weighted by Gasteiger charge is 2.20. The van der Waals surface area contributed by atoms with Crippen LogP contribution in [0.15, 0.2) is 42.5 Å². The van der Waals surface area contributed by atoms with Gasteiger partial charge in [-0.15, -0.1) is 0 Å². The van der Waals surface area contributed by atoms with Crippen molar-refractivity contribution in [1.29, 1.82) is 5.26 Å². The SMILES string of the molecule is N#Cc1cc(NC2COCc3ccccc32)ccc1Cl. The van der Waals surface area contributed by atoms with E-state index in [1.54, 1.807) is 12.1 Å². The maximum absolute atomic E-state index is 9.02. The largest absolute Gasteiger partial charge is 0.376 e. The summed E-state index contributed by atoms with van der Waals surface area (Å²) in [5.74, 6) is 0. The molecular formula is C16H13ClN2O. The van der Waals surface area contributed by atoms with E-state index in [4.69, 9.17) is 21.6 Å². The van der Waals surface area contributed by atoms with Gasteiger partial charge in [0.15, 0.2) is 0 Å². The number of nitriles is 1. The first-order chi connectivity index (χ1) is 9.78. The van der Waals surface area contributed by atoms with Crippen LogP contribution < -0.4 is 5.32 Å². The molecule has 0 spiro atoms. The first-order valence-corrected chi connectivity index (χ1v) is 6.77. The second kappa shape index (κ2) is 5.54. The van der Waals surface area contributed by atoms with Gasteiger partial charge >= 0.3 is 0 Å². The third-order valence-electron chi connectivity index (χ3n) is 3.40. The van der Waals surface area contributed by atoms with Crippen LogP contribution in [-0.2, 0) is 11.3 Å². The molecule has 3 nitrogen and oxygen atoms in total. The molecule has 0 amide bonds. The van der Waals surface area contributed by atoms with Gasteiger partial charge in [0, 0.05) is 5.69 Å². The summed E-state index contributed by atoms with van der Waals surface area (Å²) in [6.45, 7) is 1.26. The Morgan fingerprint density at radius 2 is 2.10 bits per heavy atom. The van der Waals surface area contributed by atoms with Crippen molar-refractivity contribution in [2.24, 2.45) is 0 Å². The number of ether oxygens (including phenoxy) is 1. The molecule has 2 aromatic carbocycles. The maximum atomic E-state index is 9.02. The van der Waals surface area contributed by atoms with Gasteiger partial charge in [0.05, 0.1) is 29.8 Å². The van der Waals surface area contributed by atoms with Crippen molar-refractivity contribution >= 4 is 17.3 Å². The summed E-state index contributed by atoms with van der Waals surface area (Å²) in [5, 5.41) is 12.9. The van der Waals surface area contributed by atoms with Crippen LogP contribution in [0.25, 0.3) is 0 Å². The fraction of sp³-hybridized carbons (Fsp3) is 0.188. The Balaban J connectivity index is 1.88. The zero-order valence-electron chi connectivity index (χ0n) is 10.8. The Hall–Kier alpha value is -2.02. The van der Waals surface area contributed by atoms with Crippen molar-refractivity contribution in [1.82, 2.24) is 0 Å². The molecule has 1 aliphatic rings. The first kappa shape index (κ1) is 13.0. The molecule has 20 heavy (non-hydrogen) atoms. The molecular weight excluding hydrogens is 272 g/mol. The number of hydrogen-bond donors (Lipinski definition) is 1. The number of halogens is 1. The molecule has 1 heterocycles. The third-order valence-corrected chi connectivity index (χ3v) is 3.73. The highest BCUT2D eigenvalue weighted by atomic mass is 35.5. The van der Waals surface area contributed by atoms with Gasteiger partial charge in [0.2, 0.25) is 0 Å². The molecule has 0 saturated heterocycles. The number of hydrogen-bond acceptors (Lipinski definition) is 3. The van der Waals surface area contributed by atoms with Crippen molar-refractivity contribution in [3.63, 3.8) is 0 Å². The predicted molar refractivity (Wildman–Crippen MR) is 78.6 cm³/mol. The van der Waals surface area contributed by atoms with Crippen LogP contribution in [0, 0.1) is 11.3 Å². The van der Waals surface area contributed by atoms with E-state index >= 15 is 0 Å². The minimum atomic E-state index is 0.0904. The molecule has 2 aromatic rings. The minimum Gasteiger partial charge on any atom is -0.376 e. The summed E-state index contributed by atoms with van der Waals surface area (Å²) in [6.07, 6.45) is 0. The average Bonchev–Trinajstić information content (AvgIpc) is 2.49. The molecule has 0 aliphatic carbocycles. The lowest BCUT2D eigenvalue weighted by Gasteiger charge is -2.27. The quantitative estimate of drug-likeness (QED) is 0.910. The second-order valence-electron chi connectivity index (χ2n) is 4.72. The molecule has 1 unspecified atom stereocenters. The summed E-state index contributed by atoms with van der Waals surface area (Å²) >= 11 is 5.95. The van der Waals surface area contributed by atoms with Crippen LogP contribution in [0.5, 0.6) is 0 Å². The van der Waals surface area contributed by atoms with E-state index in [9.17, 15) is 0 Å². The Bertz CT molecular complexity index is 678. The highest BCUT2D eigenvalue weighted by molar-refractivity contribution is 6.31. The average molecular weight is 285 g/mol. The molecule has 3 rings (SSSR count). The first-order valence-electron chi connectivity index (χ1n) is 6.39. The van der Waals surface area contributed by atoms with Crippen LogP contribution in [0.1, 0.15) is 22.7 Å². The van der Waals surface area contributed by atoms with Crippen LogP contribution in [0.2, 0.25) is 5.02 Å². The zero-order valence-corrected chi connectivity index (χ0v) is 11.5. The van der Waals surface area contributed by atoms with Gasteiger partial charge in [-0.25, -0.2) is 0 Å². The number of anilines is 1. The summed E-state index contributed by atoms with van der Waals surface area (Å²) in [5.41, 5.74) is 3.79. The molecule has 0 radical (unpaired) electrons. The number of rotatable bonds is 2. The Kier molecular flexibility index (Phi) is 3.60. The van der Waals surface area contributed by atoms with E-state index in [0.717, 1.165) is 5.69 Å². The molecule has 0 fully saturated rings. The highest BCUT2D eigenvalue weighted by Crippen LogP contribution is 2.29. The molecule has 1 atom stereocenters. The molecule has 0 saturated carbocycles. The molecule has 1 N–H and O–H groups in total. The summed E-state index contributed by atoms with van der Waals surface area (Å²) in [6, 6.07) is 15.8. The van der Waals surface area contributed by atoms with Crippen molar-refractivity contribution < 1.29 is 4.74 Å². The summed E-state index contributed by atoms with van der Waals surface area (Å²) < 4.78 is 5.61. The molecule has 4 heteroatoms. The summed E-state index contributed by atoms with van der Waals surface area (Å²) in [4.78, 5) is 0. The maximum Gasteiger partial charge on any atom is 0.101 e. The van der Waals surface area contributed by atoms with E-state index < -0.39 is 0 Å². The van der Waals surface area contributed by atoms with E-state index in [-0.39, 0.29) is 6.04 Å². The normalized spacial score (nSPS) is 17.1. The van der Waals surface area contributed by atoms with Gasteiger partial charge in [-0.3, -0.25) is 0 Å². The molecule has 0 bridgehead atoms. The topological polar surface area (TPSA) is 45.0 Å². The van der Waals surface area contributed by atoms with Crippen LogP contribution in [0.3, 0.4) is 0 Å². The van der Waals surface area contributed by atoms with Crippen LogP contribution in [-0.4, -0.2) is 6.61 Å². The minimum absolute atomic E-state index is 0.0904. The van der Waals surface area contributed by atoms with E-state index in [1.165, 1.54) is 11.1 Å². The lowest BCUT2D eigenvalue weighted by molar-refractivity contribution is 0.0970. The number of fused-ring (bicyclic) bond motifs is 1. The van der Waals surface area contributed by atoms with Gasteiger partial charge in [-0.05, 0) is 29.3 Å². The fourth-order valence-electron chi connectivity index (χ4n) is 2.40. The zero-order chi connectivity index (χ0) is 13.9. The molecule has 100 valence electrons. The van der Waals surface area contributed by atoms with E-state index in [1.807, 2.05) is 18.2 Å². The van der Waals surface area contributed by atoms with Crippen LogP contribution >= 0.6 is 11.6 Å². The van der Waals surface area contributed by atoms with Gasteiger partial charge in [-0.2, -0.15) is 5.26 Å². The monoisotopic (exact) mass is 284 g/mol. The lowest BCUT2D eigenvalue weighted by atomic mass is 9.99. The van der Waals surface area contributed by atoms with Gasteiger partial charge in [0.25, 0.3) is 0 Å².